The van der Waals surface area contributed by atoms with E-state index < -0.39 is 6.04 Å². The molecule has 3 heterocycles. The van der Waals surface area contributed by atoms with E-state index in [9.17, 15) is 4.79 Å². The van der Waals surface area contributed by atoms with Gasteiger partial charge in [-0.25, -0.2) is 9.48 Å². The lowest BCUT2D eigenvalue weighted by atomic mass is 9.95. The molecule has 1 N–H and O–H groups in total. The number of esters is 1. The van der Waals surface area contributed by atoms with Gasteiger partial charge in [-0.2, -0.15) is 10.1 Å². The Labute approximate surface area is 157 Å². The zero-order valence-electron chi connectivity index (χ0n) is 15.3. The Morgan fingerprint density at radius 3 is 3.11 bits per heavy atom. The summed E-state index contributed by atoms with van der Waals surface area (Å²) in [6, 6.07) is 7.12. The number of rotatable bonds is 5. The zero-order valence-corrected chi connectivity index (χ0v) is 15.3. The highest BCUT2D eigenvalue weighted by atomic mass is 16.6. The molecule has 1 aromatic heterocycles. The molecule has 0 amide bonds. The largest absolute Gasteiger partial charge is 0.497 e. The Balaban J connectivity index is 1.67. The zero-order chi connectivity index (χ0) is 18.8. The minimum absolute atomic E-state index is 0.0244. The van der Waals surface area contributed by atoms with Crippen LogP contribution in [-0.4, -0.2) is 47.2 Å². The first-order chi connectivity index (χ1) is 13.2. The summed E-state index contributed by atoms with van der Waals surface area (Å²) < 4.78 is 18.2. The molecule has 4 rings (SSSR count). The third-order valence-corrected chi connectivity index (χ3v) is 4.85. The summed E-state index contributed by atoms with van der Waals surface area (Å²) in [6.45, 7) is 2.82. The minimum Gasteiger partial charge on any atom is -0.497 e. The lowest BCUT2D eigenvalue weighted by molar-refractivity contribution is -0.142. The second-order valence-electron chi connectivity index (χ2n) is 6.60. The normalized spacial score (nSPS) is 21.6. The van der Waals surface area contributed by atoms with Gasteiger partial charge < -0.3 is 19.5 Å². The molecule has 8 heteroatoms. The molecule has 0 bridgehead atoms. The molecule has 142 valence electrons. The lowest BCUT2D eigenvalue weighted by Crippen LogP contribution is -2.30. The van der Waals surface area contributed by atoms with Crippen LogP contribution < -0.4 is 10.1 Å². The van der Waals surface area contributed by atoms with E-state index in [0.717, 1.165) is 25.0 Å². The SMILES string of the molecule is COc1cccc([C@H]2C(C(=O)OC[C@H]3CCCO3)=C(C)Nc3ncnn32)c1. The fourth-order valence-electron chi connectivity index (χ4n) is 3.50. The molecule has 27 heavy (non-hydrogen) atoms. The molecular formula is C19H22N4O4. The van der Waals surface area contributed by atoms with Gasteiger partial charge in [0.05, 0.1) is 18.8 Å². The number of nitrogens with zero attached hydrogens (tertiary/aromatic N) is 3. The van der Waals surface area contributed by atoms with Crippen LogP contribution in [-0.2, 0) is 14.3 Å². The second kappa shape index (κ2) is 7.40. The van der Waals surface area contributed by atoms with Crippen molar-refractivity contribution in [3.8, 4) is 5.75 Å². The van der Waals surface area contributed by atoms with Gasteiger partial charge in [-0.3, -0.25) is 0 Å². The number of carbonyl (C=O) groups excluding carboxylic acids is 1. The first kappa shape index (κ1) is 17.5. The van der Waals surface area contributed by atoms with E-state index in [1.165, 1.54) is 6.33 Å². The lowest BCUT2D eigenvalue weighted by Gasteiger charge is -2.28. The Hall–Kier alpha value is -2.87. The van der Waals surface area contributed by atoms with Gasteiger partial charge in [-0.05, 0) is 37.5 Å². The monoisotopic (exact) mass is 370 g/mol. The van der Waals surface area contributed by atoms with E-state index in [1.54, 1.807) is 11.8 Å². The van der Waals surface area contributed by atoms with E-state index in [2.05, 4.69) is 15.4 Å². The molecule has 1 aromatic carbocycles. The number of fused-ring (bicyclic) bond motifs is 1. The molecule has 2 aromatic rings. The quantitative estimate of drug-likeness (QED) is 0.808. The Kier molecular flexibility index (Phi) is 4.81. The highest BCUT2D eigenvalue weighted by Gasteiger charge is 2.35. The van der Waals surface area contributed by atoms with E-state index in [1.807, 2.05) is 31.2 Å². The van der Waals surface area contributed by atoms with Crippen molar-refractivity contribution in [1.82, 2.24) is 14.8 Å². The van der Waals surface area contributed by atoms with Gasteiger partial charge in [0.15, 0.2) is 0 Å². The van der Waals surface area contributed by atoms with Crippen LogP contribution >= 0.6 is 0 Å². The van der Waals surface area contributed by atoms with Crippen LogP contribution in [0.25, 0.3) is 0 Å². The van der Waals surface area contributed by atoms with Crippen molar-refractivity contribution in [2.75, 3.05) is 25.6 Å². The number of carbonyl (C=O) groups is 1. The molecule has 2 aliphatic rings. The smallest absolute Gasteiger partial charge is 0.338 e. The van der Waals surface area contributed by atoms with Crippen molar-refractivity contribution in [3.05, 3.63) is 47.4 Å². The predicted molar refractivity (Wildman–Crippen MR) is 97.4 cm³/mol. The Morgan fingerprint density at radius 2 is 2.33 bits per heavy atom. The fourth-order valence-corrected chi connectivity index (χ4v) is 3.50. The van der Waals surface area contributed by atoms with E-state index >= 15 is 0 Å². The highest BCUT2D eigenvalue weighted by Crippen LogP contribution is 2.36. The van der Waals surface area contributed by atoms with E-state index in [4.69, 9.17) is 14.2 Å². The van der Waals surface area contributed by atoms with Crippen LogP contribution in [0.2, 0.25) is 0 Å². The van der Waals surface area contributed by atoms with Crippen molar-refractivity contribution < 1.29 is 19.0 Å². The molecule has 2 aliphatic heterocycles. The number of allylic oxidation sites excluding steroid dienone is 1. The molecule has 8 nitrogen and oxygen atoms in total. The van der Waals surface area contributed by atoms with Crippen molar-refractivity contribution in [3.63, 3.8) is 0 Å². The van der Waals surface area contributed by atoms with Crippen LogP contribution in [0, 0.1) is 0 Å². The molecule has 2 atom stereocenters. The number of hydrogen-bond acceptors (Lipinski definition) is 7. The number of aromatic nitrogens is 3. The summed E-state index contributed by atoms with van der Waals surface area (Å²) >= 11 is 0. The van der Waals surface area contributed by atoms with Gasteiger partial charge in [-0.15, -0.1) is 0 Å². The minimum atomic E-state index is -0.448. The number of benzene rings is 1. The molecular weight excluding hydrogens is 348 g/mol. The first-order valence-electron chi connectivity index (χ1n) is 8.97. The third kappa shape index (κ3) is 3.40. The number of anilines is 1. The molecule has 0 aliphatic carbocycles. The number of hydrogen-bond donors (Lipinski definition) is 1. The van der Waals surface area contributed by atoms with Crippen LogP contribution in [0.3, 0.4) is 0 Å². The summed E-state index contributed by atoms with van der Waals surface area (Å²) in [5.74, 6) is 0.901. The summed E-state index contributed by atoms with van der Waals surface area (Å²) in [6.07, 6.45) is 3.35. The van der Waals surface area contributed by atoms with E-state index in [-0.39, 0.29) is 18.7 Å². The Bertz CT molecular complexity index is 870. The van der Waals surface area contributed by atoms with Crippen molar-refractivity contribution >= 4 is 11.9 Å². The van der Waals surface area contributed by atoms with Gasteiger partial charge in [0.2, 0.25) is 5.95 Å². The van der Waals surface area contributed by atoms with Gasteiger partial charge >= 0.3 is 5.97 Å². The molecule has 1 fully saturated rings. The average Bonchev–Trinajstić information content (AvgIpc) is 3.36. The van der Waals surface area contributed by atoms with Crippen molar-refractivity contribution in [2.45, 2.75) is 31.9 Å². The maximum atomic E-state index is 13.0. The van der Waals surface area contributed by atoms with Crippen molar-refractivity contribution in [2.24, 2.45) is 0 Å². The maximum absolute atomic E-state index is 13.0. The van der Waals surface area contributed by atoms with Gasteiger partial charge in [0, 0.05) is 12.3 Å². The van der Waals surface area contributed by atoms with Crippen LogP contribution in [0.15, 0.2) is 41.9 Å². The molecule has 0 radical (unpaired) electrons. The molecule has 0 spiro atoms. The second-order valence-corrected chi connectivity index (χ2v) is 6.60. The van der Waals surface area contributed by atoms with E-state index in [0.29, 0.717) is 23.0 Å². The third-order valence-electron chi connectivity index (χ3n) is 4.85. The summed E-state index contributed by atoms with van der Waals surface area (Å²) in [5, 5.41) is 7.44. The number of ether oxygens (including phenoxy) is 3. The fraction of sp³-hybridized carbons (Fsp3) is 0.421. The highest BCUT2D eigenvalue weighted by molar-refractivity contribution is 5.92. The molecule has 0 saturated carbocycles. The van der Waals surface area contributed by atoms with Crippen molar-refractivity contribution in [1.29, 1.82) is 0 Å². The summed E-state index contributed by atoms with van der Waals surface area (Å²) in [5.41, 5.74) is 2.06. The van der Waals surface area contributed by atoms with Crippen LogP contribution in [0.4, 0.5) is 5.95 Å². The number of methoxy groups -OCH3 is 1. The molecule has 0 unspecified atom stereocenters. The summed E-state index contributed by atoms with van der Waals surface area (Å²) in [7, 11) is 1.61. The standard InChI is InChI=1S/C19H22N4O4/c1-12-16(18(24)27-10-15-7-4-8-26-15)17(23-19(22-12)20-11-21-23)13-5-3-6-14(9-13)25-2/h3,5-6,9,11,15,17H,4,7-8,10H2,1-2H3,(H,20,21,22)/t15-,17+/m1/s1. The maximum Gasteiger partial charge on any atom is 0.338 e. The first-order valence-corrected chi connectivity index (χ1v) is 8.97. The van der Waals surface area contributed by atoms with Crippen LogP contribution in [0.1, 0.15) is 31.4 Å². The Morgan fingerprint density at radius 1 is 1.44 bits per heavy atom. The number of nitrogens with one attached hydrogen (secondary N) is 1. The molecule has 1 saturated heterocycles. The van der Waals surface area contributed by atoms with Crippen LogP contribution in [0.5, 0.6) is 5.75 Å². The average molecular weight is 370 g/mol. The topological polar surface area (TPSA) is 87.5 Å². The predicted octanol–water partition coefficient (Wildman–Crippen LogP) is 2.30. The van der Waals surface area contributed by atoms with Gasteiger partial charge in [0.25, 0.3) is 0 Å². The van der Waals surface area contributed by atoms with Gasteiger partial charge in [0.1, 0.15) is 24.7 Å². The summed E-state index contributed by atoms with van der Waals surface area (Å²) in [4.78, 5) is 17.2. The van der Waals surface area contributed by atoms with Gasteiger partial charge in [-0.1, -0.05) is 12.1 Å².